The van der Waals surface area contributed by atoms with Crippen molar-refractivity contribution in [2.24, 2.45) is 0 Å². The van der Waals surface area contributed by atoms with Crippen molar-refractivity contribution in [3.63, 3.8) is 0 Å². The van der Waals surface area contributed by atoms with Crippen molar-refractivity contribution in [3.05, 3.63) is 12.2 Å². The first-order chi connectivity index (χ1) is 6.15. The van der Waals surface area contributed by atoms with Gasteiger partial charge in [-0.1, -0.05) is 0 Å². The third-order valence-corrected chi connectivity index (χ3v) is 1.68. The Morgan fingerprint density at radius 2 is 2.31 bits per heavy atom. The van der Waals surface area contributed by atoms with Crippen LogP contribution in [0.25, 0.3) is 0 Å². The lowest BCUT2D eigenvalue weighted by Crippen LogP contribution is -2.22. The highest BCUT2D eigenvalue weighted by Crippen LogP contribution is 2.06. The number of hydrogen-bond donors (Lipinski definition) is 1. The summed E-state index contributed by atoms with van der Waals surface area (Å²) in [5, 5.41) is 12.7. The minimum absolute atomic E-state index is 0.161. The molecule has 1 heterocycles. The van der Waals surface area contributed by atoms with Gasteiger partial charge in [-0.15, -0.1) is 0 Å². The summed E-state index contributed by atoms with van der Waals surface area (Å²) in [5.41, 5.74) is 0. The minimum Gasteiger partial charge on any atom is -0.387 e. The van der Waals surface area contributed by atoms with Gasteiger partial charge in [-0.05, 0) is 6.92 Å². The van der Waals surface area contributed by atoms with E-state index in [0.29, 0.717) is 12.4 Å². The lowest BCUT2D eigenvalue weighted by molar-refractivity contribution is -0.00522. The van der Waals surface area contributed by atoms with Crippen LogP contribution in [0.15, 0.2) is 6.33 Å². The SMILES string of the molecule is CCn1ncnc1CC(O)C(F)F. The summed E-state index contributed by atoms with van der Waals surface area (Å²) in [6.07, 6.45) is -3.26. The average molecular weight is 191 g/mol. The third-order valence-electron chi connectivity index (χ3n) is 1.68. The van der Waals surface area contributed by atoms with Gasteiger partial charge in [-0.25, -0.2) is 13.8 Å². The Morgan fingerprint density at radius 3 is 2.85 bits per heavy atom. The quantitative estimate of drug-likeness (QED) is 0.752. The Balaban J connectivity index is 2.62. The molecule has 0 bridgehead atoms. The van der Waals surface area contributed by atoms with Gasteiger partial charge in [0.05, 0.1) is 0 Å². The summed E-state index contributed by atoms with van der Waals surface area (Å²) < 4.78 is 25.4. The summed E-state index contributed by atoms with van der Waals surface area (Å²) in [5.74, 6) is 0.385. The summed E-state index contributed by atoms with van der Waals surface area (Å²) in [6, 6.07) is 0. The molecule has 0 aliphatic carbocycles. The van der Waals surface area contributed by atoms with Crippen LogP contribution in [0.1, 0.15) is 12.7 Å². The Morgan fingerprint density at radius 1 is 1.62 bits per heavy atom. The van der Waals surface area contributed by atoms with E-state index in [-0.39, 0.29) is 6.42 Å². The van der Waals surface area contributed by atoms with Crippen molar-refractivity contribution in [1.29, 1.82) is 0 Å². The van der Waals surface area contributed by atoms with Crippen LogP contribution in [-0.4, -0.2) is 32.4 Å². The Labute approximate surface area is 74.2 Å². The molecule has 0 radical (unpaired) electrons. The van der Waals surface area contributed by atoms with Crippen LogP contribution in [0.5, 0.6) is 0 Å². The molecule has 0 aromatic carbocycles. The monoisotopic (exact) mass is 191 g/mol. The molecule has 1 atom stereocenters. The number of aryl methyl sites for hydroxylation is 1. The number of aliphatic hydroxyl groups is 1. The van der Waals surface area contributed by atoms with Crippen LogP contribution in [0.4, 0.5) is 8.78 Å². The third kappa shape index (κ3) is 2.45. The molecule has 74 valence electrons. The van der Waals surface area contributed by atoms with Crippen molar-refractivity contribution < 1.29 is 13.9 Å². The van der Waals surface area contributed by atoms with Crippen molar-refractivity contribution in [3.8, 4) is 0 Å². The molecule has 1 rings (SSSR count). The first kappa shape index (κ1) is 10.0. The molecule has 4 nitrogen and oxygen atoms in total. The van der Waals surface area contributed by atoms with E-state index in [0.717, 1.165) is 0 Å². The second-order valence-electron chi connectivity index (χ2n) is 2.60. The Kier molecular flexibility index (Phi) is 3.30. The molecule has 0 fully saturated rings. The first-order valence-corrected chi connectivity index (χ1v) is 3.98. The second-order valence-corrected chi connectivity index (χ2v) is 2.60. The fourth-order valence-corrected chi connectivity index (χ4v) is 0.986. The number of aromatic nitrogens is 3. The molecule has 0 aliphatic rings. The predicted molar refractivity (Wildman–Crippen MR) is 41.4 cm³/mol. The van der Waals surface area contributed by atoms with E-state index in [1.807, 2.05) is 6.92 Å². The highest BCUT2D eigenvalue weighted by atomic mass is 19.3. The zero-order valence-electron chi connectivity index (χ0n) is 7.19. The first-order valence-electron chi connectivity index (χ1n) is 3.98. The maximum Gasteiger partial charge on any atom is 0.264 e. The number of rotatable bonds is 4. The second kappa shape index (κ2) is 4.27. The zero-order chi connectivity index (χ0) is 9.84. The molecule has 6 heteroatoms. The van der Waals surface area contributed by atoms with Crippen molar-refractivity contribution in [2.45, 2.75) is 32.4 Å². The highest BCUT2D eigenvalue weighted by molar-refractivity contribution is 4.87. The number of halogens is 2. The average Bonchev–Trinajstić information content (AvgIpc) is 2.51. The summed E-state index contributed by atoms with van der Waals surface area (Å²) >= 11 is 0. The maximum absolute atomic E-state index is 11.9. The molecule has 0 saturated carbocycles. The van der Waals surface area contributed by atoms with Gasteiger partial charge in [-0.3, -0.25) is 4.68 Å². The van der Waals surface area contributed by atoms with Crippen LogP contribution >= 0.6 is 0 Å². The zero-order valence-corrected chi connectivity index (χ0v) is 7.19. The van der Waals surface area contributed by atoms with Gasteiger partial charge in [0.2, 0.25) is 0 Å². The Bertz CT molecular complexity index is 264. The minimum atomic E-state index is -2.73. The molecular formula is C7H11F2N3O. The molecule has 0 amide bonds. The van der Waals surface area contributed by atoms with E-state index in [2.05, 4.69) is 10.1 Å². The fourth-order valence-electron chi connectivity index (χ4n) is 0.986. The van der Waals surface area contributed by atoms with Gasteiger partial charge < -0.3 is 5.11 Å². The lowest BCUT2D eigenvalue weighted by atomic mass is 10.2. The predicted octanol–water partition coefficient (Wildman–Crippen LogP) is 0.466. The molecule has 0 aliphatic heterocycles. The van der Waals surface area contributed by atoms with Gasteiger partial charge in [0.15, 0.2) is 0 Å². The number of hydrogen-bond acceptors (Lipinski definition) is 3. The largest absolute Gasteiger partial charge is 0.387 e. The van der Waals surface area contributed by atoms with E-state index in [4.69, 9.17) is 5.11 Å². The van der Waals surface area contributed by atoms with Crippen LogP contribution < -0.4 is 0 Å². The van der Waals surface area contributed by atoms with Gasteiger partial charge >= 0.3 is 0 Å². The van der Waals surface area contributed by atoms with E-state index >= 15 is 0 Å². The van der Waals surface area contributed by atoms with Gasteiger partial charge in [0.25, 0.3) is 6.43 Å². The lowest BCUT2D eigenvalue weighted by Gasteiger charge is -2.08. The maximum atomic E-state index is 11.9. The molecule has 0 saturated heterocycles. The number of aliphatic hydroxyl groups excluding tert-OH is 1. The van der Waals surface area contributed by atoms with Gasteiger partial charge in [-0.2, -0.15) is 5.10 Å². The molecule has 13 heavy (non-hydrogen) atoms. The molecule has 1 N–H and O–H groups in total. The van der Waals surface area contributed by atoms with Crippen LogP contribution in [0, 0.1) is 0 Å². The highest BCUT2D eigenvalue weighted by Gasteiger charge is 2.19. The van der Waals surface area contributed by atoms with Gasteiger partial charge in [0, 0.05) is 13.0 Å². The van der Waals surface area contributed by atoms with Crippen LogP contribution in [0.2, 0.25) is 0 Å². The number of alkyl halides is 2. The topological polar surface area (TPSA) is 50.9 Å². The fraction of sp³-hybridized carbons (Fsp3) is 0.714. The van der Waals surface area contributed by atoms with E-state index < -0.39 is 12.5 Å². The normalized spacial score (nSPS) is 13.6. The number of nitrogens with zero attached hydrogens (tertiary/aromatic N) is 3. The van der Waals surface area contributed by atoms with Crippen molar-refractivity contribution >= 4 is 0 Å². The summed E-state index contributed by atoms with van der Waals surface area (Å²) in [4.78, 5) is 3.77. The molecule has 0 spiro atoms. The molecular weight excluding hydrogens is 180 g/mol. The van der Waals surface area contributed by atoms with Crippen LogP contribution in [-0.2, 0) is 13.0 Å². The van der Waals surface area contributed by atoms with Crippen molar-refractivity contribution in [1.82, 2.24) is 14.8 Å². The molecule has 1 aromatic heterocycles. The van der Waals surface area contributed by atoms with E-state index in [1.165, 1.54) is 11.0 Å². The van der Waals surface area contributed by atoms with Gasteiger partial charge in [0.1, 0.15) is 18.3 Å². The van der Waals surface area contributed by atoms with E-state index in [1.54, 1.807) is 0 Å². The summed E-state index contributed by atoms with van der Waals surface area (Å²) in [6.45, 7) is 2.39. The van der Waals surface area contributed by atoms with Crippen LogP contribution in [0.3, 0.4) is 0 Å². The summed E-state index contributed by atoms with van der Waals surface area (Å²) in [7, 11) is 0. The standard InChI is InChI=1S/C7H11F2N3O/c1-2-12-6(10-4-11-12)3-5(13)7(8)9/h4-5,7,13H,2-3H2,1H3. The molecule has 1 unspecified atom stereocenters. The smallest absolute Gasteiger partial charge is 0.264 e. The van der Waals surface area contributed by atoms with E-state index in [9.17, 15) is 8.78 Å². The van der Waals surface area contributed by atoms with Crippen molar-refractivity contribution in [2.75, 3.05) is 0 Å². The Hall–Kier alpha value is -1.04. The molecule has 1 aromatic rings.